The second-order valence-corrected chi connectivity index (χ2v) is 3.90. The number of rotatable bonds is 8. The van der Waals surface area contributed by atoms with Crippen molar-refractivity contribution in [2.75, 3.05) is 13.2 Å². The molecule has 0 saturated carbocycles. The third-order valence-corrected chi connectivity index (χ3v) is 2.91. The second kappa shape index (κ2) is 9.88. The fraction of sp³-hybridized carbons (Fsp3) is 0.818. The van der Waals surface area contributed by atoms with Gasteiger partial charge in [0.05, 0.1) is 19.6 Å². The molecule has 0 heterocycles. The molecule has 17 heavy (non-hydrogen) atoms. The largest absolute Gasteiger partial charge is 1.00 e. The summed E-state index contributed by atoms with van der Waals surface area (Å²) in [5, 5.41) is 19.3. The first-order valence-electron chi connectivity index (χ1n) is 5.46. The topological polar surface area (TPSA) is 86.7 Å². The first-order chi connectivity index (χ1) is 7.49. The molecule has 0 aliphatic heterocycles. The molecule has 0 rings (SSSR count). The number of hydrogen-bond donors (Lipinski definition) is 1. The maximum atomic E-state index is 11.1. The molecule has 0 fully saturated rings. The van der Waals surface area contributed by atoms with E-state index in [1.807, 2.05) is 13.8 Å². The van der Waals surface area contributed by atoms with Crippen molar-refractivity contribution >= 4 is 11.9 Å². The summed E-state index contributed by atoms with van der Waals surface area (Å²) in [5.74, 6) is -1.83. The van der Waals surface area contributed by atoms with Gasteiger partial charge in [-0.05, 0) is 19.3 Å². The quantitative estimate of drug-likeness (QED) is 0.365. The number of esters is 1. The first-order valence-corrected chi connectivity index (χ1v) is 5.46. The minimum absolute atomic E-state index is 0. The second-order valence-electron chi connectivity index (χ2n) is 3.90. The summed E-state index contributed by atoms with van der Waals surface area (Å²) in [6, 6.07) is 0. The van der Waals surface area contributed by atoms with Crippen molar-refractivity contribution in [2.24, 2.45) is 5.41 Å². The number of hydrogen-bond acceptors (Lipinski definition) is 5. The van der Waals surface area contributed by atoms with Gasteiger partial charge in [-0.3, -0.25) is 4.79 Å². The SMILES string of the molecule is CCC(CC)(CO)COC(=O)CCC(=O)[O-].[Na+]. The van der Waals surface area contributed by atoms with Crippen LogP contribution in [0.15, 0.2) is 0 Å². The minimum Gasteiger partial charge on any atom is -0.550 e. The predicted molar refractivity (Wildman–Crippen MR) is 55.3 cm³/mol. The van der Waals surface area contributed by atoms with Crippen LogP contribution in [-0.4, -0.2) is 30.3 Å². The molecule has 0 saturated heterocycles. The molecule has 0 aliphatic carbocycles. The maximum Gasteiger partial charge on any atom is 1.00 e. The Bertz CT molecular complexity index is 230. The molecule has 6 heteroatoms. The van der Waals surface area contributed by atoms with Gasteiger partial charge in [0.15, 0.2) is 0 Å². The summed E-state index contributed by atoms with van der Waals surface area (Å²) < 4.78 is 4.94. The van der Waals surface area contributed by atoms with Gasteiger partial charge >= 0.3 is 35.5 Å². The Labute approximate surface area is 124 Å². The molecule has 0 amide bonds. The van der Waals surface area contributed by atoms with Crippen molar-refractivity contribution in [1.82, 2.24) is 0 Å². The fourth-order valence-corrected chi connectivity index (χ4v) is 1.23. The molecule has 0 aromatic heterocycles. The van der Waals surface area contributed by atoms with Crippen LogP contribution in [0, 0.1) is 5.41 Å². The van der Waals surface area contributed by atoms with E-state index >= 15 is 0 Å². The standard InChI is InChI=1S/C11H20O5.Na/c1-3-11(4-2,7-12)8-16-10(15)6-5-9(13)14;/h12H,3-8H2,1-2H3,(H,13,14);/q;+1/p-1. The molecule has 0 radical (unpaired) electrons. The van der Waals surface area contributed by atoms with E-state index in [4.69, 9.17) is 4.74 Å². The normalized spacial score (nSPS) is 10.5. The smallest absolute Gasteiger partial charge is 0.550 e. The van der Waals surface area contributed by atoms with Crippen molar-refractivity contribution in [2.45, 2.75) is 39.5 Å². The Hall–Kier alpha value is -0.100. The van der Waals surface area contributed by atoms with Crippen molar-refractivity contribution in [3.8, 4) is 0 Å². The van der Waals surface area contributed by atoms with E-state index in [2.05, 4.69) is 0 Å². The average Bonchev–Trinajstić information content (AvgIpc) is 2.29. The number of carbonyl (C=O) groups is 2. The van der Waals surface area contributed by atoms with Gasteiger partial charge in [0.2, 0.25) is 0 Å². The van der Waals surface area contributed by atoms with Crippen molar-refractivity contribution in [3.05, 3.63) is 0 Å². The third kappa shape index (κ3) is 7.76. The van der Waals surface area contributed by atoms with Crippen molar-refractivity contribution < 1.29 is 54.1 Å². The molecular formula is C11H19NaO5. The van der Waals surface area contributed by atoms with Crippen LogP contribution in [0.1, 0.15) is 39.5 Å². The molecule has 0 aliphatic rings. The number of aliphatic hydroxyl groups excluding tert-OH is 1. The summed E-state index contributed by atoms with van der Waals surface area (Å²) in [7, 11) is 0. The molecule has 0 aromatic carbocycles. The Balaban J connectivity index is 0. The molecule has 94 valence electrons. The van der Waals surface area contributed by atoms with E-state index in [1.165, 1.54) is 0 Å². The molecule has 1 N–H and O–H groups in total. The van der Waals surface area contributed by atoms with E-state index in [9.17, 15) is 19.8 Å². The van der Waals surface area contributed by atoms with Crippen LogP contribution >= 0.6 is 0 Å². The van der Waals surface area contributed by atoms with Gasteiger partial charge in [0.25, 0.3) is 0 Å². The van der Waals surface area contributed by atoms with Crippen LogP contribution in [0.25, 0.3) is 0 Å². The molecule has 0 atom stereocenters. The summed E-state index contributed by atoms with van der Waals surface area (Å²) in [4.78, 5) is 21.3. The van der Waals surface area contributed by atoms with Gasteiger partial charge in [0, 0.05) is 11.4 Å². The van der Waals surface area contributed by atoms with E-state index in [0.717, 1.165) is 0 Å². The molecule has 0 spiro atoms. The third-order valence-electron chi connectivity index (χ3n) is 2.91. The van der Waals surface area contributed by atoms with Crippen LogP contribution in [0.2, 0.25) is 0 Å². The minimum atomic E-state index is -1.27. The molecule has 0 bridgehead atoms. The van der Waals surface area contributed by atoms with Crippen LogP contribution in [-0.2, 0) is 14.3 Å². The number of aliphatic carboxylic acids is 1. The van der Waals surface area contributed by atoms with Crippen LogP contribution < -0.4 is 34.7 Å². The van der Waals surface area contributed by atoms with Gasteiger partial charge in [-0.25, -0.2) is 0 Å². The summed E-state index contributed by atoms with van der Waals surface area (Å²) in [6.07, 6.45) is 0.891. The fourth-order valence-electron chi connectivity index (χ4n) is 1.23. The Kier molecular flexibility index (Phi) is 11.2. The van der Waals surface area contributed by atoms with Gasteiger partial charge in [0.1, 0.15) is 0 Å². The van der Waals surface area contributed by atoms with Gasteiger partial charge in [-0.15, -0.1) is 0 Å². The number of carbonyl (C=O) groups excluding carboxylic acids is 2. The summed E-state index contributed by atoms with van der Waals surface area (Å²) in [5.41, 5.74) is -0.406. The van der Waals surface area contributed by atoms with Crippen molar-refractivity contribution in [1.29, 1.82) is 0 Å². The van der Waals surface area contributed by atoms with E-state index in [-0.39, 0.29) is 55.6 Å². The van der Waals surface area contributed by atoms with Crippen LogP contribution in [0.5, 0.6) is 0 Å². The number of carboxylic acid groups (broad SMARTS) is 1. The number of carboxylic acids is 1. The Morgan fingerprint density at radius 3 is 2.12 bits per heavy atom. The van der Waals surface area contributed by atoms with Gasteiger partial charge in [-0.2, -0.15) is 0 Å². The van der Waals surface area contributed by atoms with E-state index in [0.29, 0.717) is 12.8 Å². The van der Waals surface area contributed by atoms with E-state index < -0.39 is 17.4 Å². The van der Waals surface area contributed by atoms with Gasteiger partial charge in [-0.1, -0.05) is 13.8 Å². The van der Waals surface area contributed by atoms with E-state index in [1.54, 1.807) is 0 Å². The van der Waals surface area contributed by atoms with Crippen molar-refractivity contribution in [3.63, 3.8) is 0 Å². The molecule has 0 aromatic rings. The zero-order valence-electron chi connectivity index (χ0n) is 10.8. The Morgan fingerprint density at radius 1 is 1.24 bits per heavy atom. The summed E-state index contributed by atoms with van der Waals surface area (Å²) >= 11 is 0. The molecule has 0 unspecified atom stereocenters. The Morgan fingerprint density at radius 2 is 1.76 bits per heavy atom. The number of aliphatic hydroxyl groups is 1. The summed E-state index contributed by atoms with van der Waals surface area (Å²) in [6.45, 7) is 3.90. The molecular weight excluding hydrogens is 235 g/mol. The number of ether oxygens (including phenoxy) is 1. The molecule has 5 nitrogen and oxygen atoms in total. The zero-order chi connectivity index (χ0) is 12.6. The average molecular weight is 254 g/mol. The first kappa shape index (κ1) is 19.2. The zero-order valence-corrected chi connectivity index (χ0v) is 12.8. The van der Waals surface area contributed by atoms with Crippen LogP contribution in [0.4, 0.5) is 0 Å². The predicted octanol–water partition coefficient (Wildman–Crippen LogP) is -3.14. The van der Waals surface area contributed by atoms with Gasteiger partial charge < -0.3 is 19.7 Å². The monoisotopic (exact) mass is 254 g/mol. The van der Waals surface area contributed by atoms with Crippen LogP contribution in [0.3, 0.4) is 0 Å². The maximum absolute atomic E-state index is 11.1.